The maximum Gasteiger partial charge on any atom is 0.0635 e. The topological polar surface area (TPSA) is 0 Å². The lowest BCUT2D eigenvalue weighted by Crippen LogP contribution is -2.12. The van der Waals surface area contributed by atoms with Crippen LogP contribution in [0.25, 0.3) is 16.3 Å². The Bertz CT molecular complexity index is 1100. The summed E-state index contributed by atoms with van der Waals surface area (Å²) in [6.45, 7) is 0. The van der Waals surface area contributed by atoms with Crippen molar-refractivity contribution in [3.8, 4) is 0 Å². The van der Waals surface area contributed by atoms with Gasteiger partial charge in [-0.25, -0.2) is 0 Å². The average molecular weight is 331 g/mol. The molecule has 0 aliphatic heterocycles. The molecule has 123 valence electrons. The fraction of sp³-hybridized carbons (Fsp3) is 0.0385. The Labute approximate surface area is 154 Å². The highest BCUT2D eigenvalue weighted by Crippen LogP contribution is 2.42. The van der Waals surface area contributed by atoms with Crippen molar-refractivity contribution >= 4 is 16.3 Å². The molecule has 4 aromatic carbocycles. The molecule has 1 aliphatic rings. The summed E-state index contributed by atoms with van der Waals surface area (Å²) >= 11 is 0. The van der Waals surface area contributed by atoms with Gasteiger partial charge in [-0.1, -0.05) is 97.1 Å². The number of hydrogen-bond donors (Lipinski definition) is 0. The molecule has 4 aromatic rings. The highest BCUT2D eigenvalue weighted by atomic mass is 14.3. The van der Waals surface area contributed by atoms with Gasteiger partial charge in [0.25, 0.3) is 0 Å². The summed E-state index contributed by atoms with van der Waals surface area (Å²) in [5, 5.41) is 2.58. The molecule has 0 heterocycles. The molecule has 0 atom stereocenters. The summed E-state index contributed by atoms with van der Waals surface area (Å²) in [6, 6.07) is 34.9. The van der Waals surface area contributed by atoms with Gasteiger partial charge in [-0.3, -0.25) is 0 Å². The third kappa shape index (κ3) is 2.55. The average Bonchev–Trinajstić information content (AvgIpc) is 2.73. The van der Waals surface area contributed by atoms with Crippen LogP contribution in [0.4, 0.5) is 0 Å². The van der Waals surface area contributed by atoms with Crippen molar-refractivity contribution in [3.63, 3.8) is 0 Å². The van der Waals surface area contributed by atoms with E-state index < -0.39 is 0 Å². The smallest absolute Gasteiger partial charge is 0.0635 e. The van der Waals surface area contributed by atoms with Crippen LogP contribution in [0.5, 0.6) is 0 Å². The molecule has 0 spiro atoms. The molecule has 1 aliphatic carbocycles. The summed E-state index contributed by atoms with van der Waals surface area (Å²) < 4.78 is 0. The Morgan fingerprint density at radius 3 is 2.15 bits per heavy atom. The van der Waals surface area contributed by atoms with E-state index in [1.807, 2.05) is 0 Å². The van der Waals surface area contributed by atoms with E-state index in [2.05, 4.69) is 103 Å². The molecule has 0 unspecified atom stereocenters. The lowest BCUT2D eigenvalue weighted by molar-refractivity contribution is 1.13. The first-order chi connectivity index (χ1) is 12.9. The minimum Gasteiger partial charge on any atom is -0.0750 e. The molecule has 0 aromatic heterocycles. The van der Waals surface area contributed by atoms with Gasteiger partial charge in [0.05, 0.1) is 5.92 Å². The second kappa shape index (κ2) is 6.31. The molecule has 0 nitrogen and oxygen atoms in total. The molecule has 0 bridgehead atoms. The van der Waals surface area contributed by atoms with E-state index >= 15 is 0 Å². The minimum absolute atomic E-state index is 0.981. The van der Waals surface area contributed by atoms with Crippen molar-refractivity contribution in [1.82, 2.24) is 0 Å². The molecule has 0 fully saturated rings. The van der Waals surface area contributed by atoms with E-state index in [9.17, 15) is 0 Å². The van der Waals surface area contributed by atoms with Crippen molar-refractivity contribution in [3.05, 3.63) is 131 Å². The number of fused-ring (bicyclic) bond motifs is 2. The van der Waals surface area contributed by atoms with Gasteiger partial charge in [0.2, 0.25) is 0 Å². The van der Waals surface area contributed by atoms with Crippen LogP contribution in [0.1, 0.15) is 22.3 Å². The third-order valence-electron chi connectivity index (χ3n) is 5.21. The van der Waals surface area contributed by atoms with Crippen molar-refractivity contribution in [1.29, 1.82) is 0 Å². The molecule has 0 saturated carbocycles. The fourth-order valence-electron chi connectivity index (χ4n) is 3.94. The highest BCUT2D eigenvalue weighted by Gasteiger charge is 2.26. The fourth-order valence-corrected chi connectivity index (χ4v) is 3.94. The maximum atomic E-state index is 2.38. The standard InChI is InChI=1S/C26H19/c1-2-10-21(11-3-1)26-24-13-7-6-9-20(24)16-17-25(26)23-15-14-19-8-4-5-12-22(19)18-23/h1-15,17-18H,16H2. The van der Waals surface area contributed by atoms with Gasteiger partial charge in [0.15, 0.2) is 0 Å². The number of hydrogen-bond acceptors (Lipinski definition) is 0. The molecule has 0 amide bonds. The SMILES string of the molecule is C1=C(c2ccc3ccccc3c2)[C](c2ccccc2)c2ccccc2C1. The van der Waals surface area contributed by atoms with Crippen LogP contribution < -0.4 is 0 Å². The van der Waals surface area contributed by atoms with Gasteiger partial charge >= 0.3 is 0 Å². The van der Waals surface area contributed by atoms with Crippen LogP contribution in [-0.4, -0.2) is 0 Å². The van der Waals surface area contributed by atoms with E-state index in [1.165, 1.54) is 44.5 Å². The Morgan fingerprint density at radius 1 is 0.538 bits per heavy atom. The van der Waals surface area contributed by atoms with Crippen LogP contribution >= 0.6 is 0 Å². The Balaban J connectivity index is 1.70. The molecular weight excluding hydrogens is 312 g/mol. The second-order valence-corrected chi connectivity index (χ2v) is 6.78. The third-order valence-corrected chi connectivity index (χ3v) is 5.21. The van der Waals surface area contributed by atoms with Gasteiger partial charge in [-0.2, -0.15) is 0 Å². The van der Waals surface area contributed by atoms with Crippen LogP contribution in [0.2, 0.25) is 0 Å². The lowest BCUT2D eigenvalue weighted by Gasteiger charge is -2.27. The van der Waals surface area contributed by atoms with E-state index in [-0.39, 0.29) is 0 Å². The molecule has 0 N–H and O–H groups in total. The van der Waals surface area contributed by atoms with Crippen molar-refractivity contribution in [2.45, 2.75) is 6.42 Å². The molecule has 5 rings (SSSR count). The minimum atomic E-state index is 0.981. The number of benzene rings is 4. The van der Waals surface area contributed by atoms with Gasteiger partial charge in [-0.15, -0.1) is 0 Å². The highest BCUT2D eigenvalue weighted by molar-refractivity contribution is 5.92. The Morgan fingerprint density at radius 2 is 1.27 bits per heavy atom. The molecule has 1 radical (unpaired) electrons. The van der Waals surface area contributed by atoms with Gasteiger partial charge in [0, 0.05) is 0 Å². The van der Waals surface area contributed by atoms with Crippen LogP contribution in [0.3, 0.4) is 0 Å². The summed E-state index contributed by atoms with van der Waals surface area (Å²) in [5.41, 5.74) is 6.65. The van der Waals surface area contributed by atoms with Crippen molar-refractivity contribution < 1.29 is 0 Å². The van der Waals surface area contributed by atoms with Crippen LogP contribution in [0, 0.1) is 5.92 Å². The quantitative estimate of drug-likeness (QED) is 0.396. The van der Waals surface area contributed by atoms with Crippen molar-refractivity contribution in [2.75, 3.05) is 0 Å². The van der Waals surface area contributed by atoms with E-state index in [1.54, 1.807) is 0 Å². The van der Waals surface area contributed by atoms with Gasteiger partial charge in [-0.05, 0) is 51.1 Å². The second-order valence-electron chi connectivity index (χ2n) is 6.78. The first kappa shape index (κ1) is 15.2. The predicted octanol–water partition coefficient (Wildman–Crippen LogP) is 6.45. The summed E-state index contributed by atoms with van der Waals surface area (Å²) in [7, 11) is 0. The Kier molecular flexibility index (Phi) is 3.68. The summed E-state index contributed by atoms with van der Waals surface area (Å²) in [6.07, 6.45) is 3.36. The van der Waals surface area contributed by atoms with E-state index in [4.69, 9.17) is 0 Å². The normalized spacial score (nSPS) is 14.1. The molecule has 0 saturated heterocycles. The number of allylic oxidation sites excluding steroid dienone is 2. The molecule has 0 heteroatoms. The van der Waals surface area contributed by atoms with E-state index in [0.717, 1.165) is 6.42 Å². The summed E-state index contributed by atoms with van der Waals surface area (Å²) in [4.78, 5) is 0. The molecular formula is C26H19. The van der Waals surface area contributed by atoms with E-state index in [0.29, 0.717) is 0 Å². The maximum absolute atomic E-state index is 2.38. The molecule has 26 heavy (non-hydrogen) atoms. The summed E-state index contributed by atoms with van der Waals surface area (Å²) in [5.74, 6) is 1.34. The first-order valence-corrected chi connectivity index (χ1v) is 9.10. The predicted molar refractivity (Wildman–Crippen MR) is 110 cm³/mol. The zero-order valence-corrected chi connectivity index (χ0v) is 14.5. The Hall–Kier alpha value is -3.12. The van der Waals surface area contributed by atoms with Crippen LogP contribution in [0.15, 0.2) is 103 Å². The monoisotopic (exact) mass is 331 g/mol. The van der Waals surface area contributed by atoms with Crippen molar-refractivity contribution in [2.24, 2.45) is 0 Å². The lowest BCUT2D eigenvalue weighted by atomic mass is 9.75. The van der Waals surface area contributed by atoms with Crippen LogP contribution in [-0.2, 0) is 6.42 Å². The van der Waals surface area contributed by atoms with Gasteiger partial charge in [0.1, 0.15) is 0 Å². The largest absolute Gasteiger partial charge is 0.0750 e. The zero-order valence-electron chi connectivity index (χ0n) is 14.5. The van der Waals surface area contributed by atoms with Gasteiger partial charge < -0.3 is 0 Å². The number of rotatable bonds is 2. The first-order valence-electron chi connectivity index (χ1n) is 9.10. The zero-order chi connectivity index (χ0) is 17.3.